The summed E-state index contributed by atoms with van der Waals surface area (Å²) in [6, 6.07) is 0. The van der Waals surface area contributed by atoms with Crippen LogP contribution in [0, 0.1) is 0 Å². The number of unbranched alkanes of at least 4 members (excludes halogenated alkanes) is 15. The van der Waals surface area contributed by atoms with Crippen molar-refractivity contribution in [3.8, 4) is 0 Å². The Morgan fingerprint density at radius 1 is 0.585 bits per heavy atom. The maximum atomic E-state index is 12.7. The highest BCUT2D eigenvalue weighted by Crippen LogP contribution is 2.43. The fourth-order valence-electron chi connectivity index (χ4n) is 5.26. The molecular formula is C43H79NO8P+. The topological polar surface area (TPSA) is 108 Å². The number of phosphoric ester groups is 1. The van der Waals surface area contributed by atoms with Gasteiger partial charge in [0.05, 0.1) is 27.7 Å². The lowest BCUT2D eigenvalue weighted by Gasteiger charge is -2.24. The first-order chi connectivity index (χ1) is 25.5. The molecule has 0 amide bonds. The average molecular weight is 769 g/mol. The van der Waals surface area contributed by atoms with Crippen molar-refractivity contribution in [2.24, 2.45) is 0 Å². The summed E-state index contributed by atoms with van der Waals surface area (Å²) in [4.78, 5) is 35.3. The van der Waals surface area contributed by atoms with E-state index in [-0.39, 0.29) is 32.0 Å². The number of nitrogens with zero attached hydrogens (tertiary/aromatic N) is 1. The number of carbonyl (C=O) groups is 2. The Kier molecular flexibility index (Phi) is 34.3. The predicted octanol–water partition coefficient (Wildman–Crippen LogP) is 11.5. The second kappa shape index (κ2) is 35.7. The van der Waals surface area contributed by atoms with Crippen LogP contribution in [0.5, 0.6) is 0 Å². The molecule has 308 valence electrons. The van der Waals surface area contributed by atoms with Crippen molar-refractivity contribution in [1.82, 2.24) is 0 Å². The van der Waals surface area contributed by atoms with Crippen LogP contribution in [0.15, 0.2) is 48.6 Å². The molecule has 0 aliphatic heterocycles. The number of esters is 2. The highest BCUT2D eigenvalue weighted by atomic mass is 31.2. The third kappa shape index (κ3) is 39.5. The second-order valence-electron chi connectivity index (χ2n) is 15.0. The van der Waals surface area contributed by atoms with Crippen molar-refractivity contribution in [3.63, 3.8) is 0 Å². The van der Waals surface area contributed by atoms with Crippen molar-refractivity contribution in [1.29, 1.82) is 0 Å². The van der Waals surface area contributed by atoms with E-state index in [9.17, 15) is 19.0 Å². The molecule has 53 heavy (non-hydrogen) atoms. The molecule has 9 nitrogen and oxygen atoms in total. The molecule has 0 saturated carbocycles. The number of rotatable bonds is 37. The lowest BCUT2D eigenvalue weighted by Crippen LogP contribution is -2.37. The number of likely N-dealkylation sites (N-methyl/N-ethyl adjacent to an activating group) is 1. The van der Waals surface area contributed by atoms with E-state index in [4.69, 9.17) is 18.5 Å². The smallest absolute Gasteiger partial charge is 0.462 e. The quantitative estimate of drug-likeness (QED) is 0.0219. The highest BCUT2D eigenvalue weighted by Gasteiger charge is 2.27. The van der Waals surface area contributed by atoms with Crippen LogP contribution in [0.1, 0.15) is 162 Å². The average Bonchev–Trinajstić information content (AvgIpc) is 3.10. The van der Waals surface area contributed by atoms with Gasteiger partial charge in [-0.25, -0.2) is 4.57 Å². The van der Waals surface area contributed by atoms with Gasteiger partial charge >= 0.3 is 19.8 Å². The van der Waals surface area contributed by atoms with E-state index >= 15 is 0 Å². The summed E-state index contributed by atoms with van der Waals surface area (Å²) in [5, 5.41) is 0. The zero-order chi connectivity index (χ0) is 39.3. The van der Waals surface area contributed by atoms with Crippen LogP contribution in [0.25, 0.3) is 0 Å². The molecule has 0 spiro atoms. The molecule has 1 N–H and O–H groups in total. The lowest BCUT2D eigenvalue weighted by molar-refractivity contribution is -0.870. The van der Waals surface area contributed by atoms with E-state index < -0.39 is 26.5 Å². The van der Waals surface area contributed by atoms with Crippen molar-refractivity contribution >= 4 is 19.8 Å². The Bertz CT molecular complexity index is 1050. The molecule has 0 aromatic rings. The van der Waals surface area contributed by atoms with Crippen LogP contribution >= 0.6 is 7.82 Å². The number of carbonyl (C=O) groups excluding carboxylic acids is 2. The van der Waals surface area contributed by atoms with Gasteiger partial charge in [-0.3, -0.25) is 18.6 Å². The molecule has 0 aromatic heterocycles. The van der Waals surface area contributed by atoms with Gasteiger partial charge < -0.3 is 18.9 Å². The van der Waals surface area contributed by atoms with Crippen molar-refractivity contribution in [2.75, 3.05) is 47.5 Å². The first-order valence-electron chi connectivity index (χ1n) is 20.9. The second-order valence-corrected chi connectivity index (χ2v) is 16.5. The third-order valence-corrected chi connectivity index (χ3v) is 9.55. The van der Waals surface area contributed by atoms with E-state index in [0.717, 1.165) is 89.9 Å². The number of hydrogen-bond donors (Lipinski definition) is 1. The van der Waals surface area contributed by atoms with Gasteiger partial charge in [-0.2, -0.15) is 0 Å². The molecule has 0 rings (SSSR count). The Morgan fingerprint density at radius 2 is 1.06 bits per heavy atom. The van der Waals surface area contributed by atoms with Gasteiger partial charge in [0.15, 0.2) is 6.10 Å². The minimum absolute atomic E-state index is 0.0248. The fraction of sp³-hybridized carbons (Fsp3) is 0.767. The van der Waals surface area contributed by atoms with Gasteiger partial charge in [0.1, 0.15) is 19.8 Å². The maximum Gasteiger partial charge on any atom is 0.472 e. The molecule has 2 unspecified atom stereocenters. The minimum atomic E-state index is -4.38. The molecule has 0 heterocycles. The molecule has 0 radical (unpaired) electrons. The van der Waals surface area contributed by atoms with E-state index in [0.29, 0.717) is 17.4 Å². The normalized spacial score (nSPS) is 14.2. The zero-order valence-electron chi connectivity index (χ0n) is 34.5. The summed E-state index contributed by atoms with van der Waals surface area (Å²) in [6.07, 6.45) is 40.1. The maximum absolute atomic E-state index is 12.7. The summed E-state index contributed by atoms with van der Waals surface area (Å²) in [6.45, 7) is 4.29. The number of quaternary nitrogens is 1. The Morgan fingerprint density at radius 3 is 1.57 bits per heavy atom. The number of allylic oxidation sites excluding steroid dienone is 8. The zero-order valence-corrected chi connectivity index (χ0v) is 35.4. The van der Waals surface area contributed by atoms with Gasteiger partial charge in [-0.15, -0.1) is 0 Å². The van der Waals surface area contributed by atoms with Crippen LogP contribution in [-0.4, -0.2) is 74.9 Å². The van der Waals surface area contributed by atoms with Crippen molar-refractivity contribution < 1.29 is 42.1 Å². The van der Waals surface area contributed by atoms with E-state index in [2.05, 4.69) is 62.5 Å². The van der Waals surface area contributed by atoms with E-state index in [1.807, 2.05) is 21.1 Å². The SMILES string of the molecule is CCC/C=C\C/C=C\CCCCCCCC(=O)OCC(COP(=O)(O)OCC[N+](C)(C)C)OC(=O)CCCCCCC/C=C\C/C=C\CCCCCC. The summed E-state index contributed by atoms with van der Waals surface area (Å²) < 4.78 is 34.2. The molecule has 0 aliphatic rings. The van der Waals surface area contributed by atoms with Gasteiger partial charge in [0, 0.05) is 12.8 Å². The molecule has 0 aliphatic carbocycles. The van der Waals surface area contributed by atoms with Crippen LogP contribution in [0.4, 0.5) is 0 Å². The number of ether oxygens (including phenoxy) is 2. The highest BCUT2D eigenvalue weighted by molar-refractivity contribution is 7.47. The number of phosphoric acid groups is 1. The summed E-state index contributed by atoms with van der Waals surface area (Å²) in [5.74, 6) is -0.835. The van der Waals surface area contributed by atoms with Gasteiger partial charge in [-0.05, 0) is 70.6 Å². The molecule has 0 saturated heterocycles. The molecule has 10 heteroatoms. The Hall–Kier alpha value is -2.03. The molecule has 0 aromatic carbocycles. The monoisotopic (exact) mass is 769 g/mol. The van der Waals surface area contributed by atoms with Gasteiger partial charge in [0.2, 0.25) is 0 Å². The predicted molar refractivity (Wildman–Crippen MR) is 220 cm³/mol. The Labute approximate surface area is 324 Å². The number of hydrogen-bond acceptors (Lipinski definition) is 7. The van der Waals surface area contributed by atoms with Crippen molar-refractivity contribution in [3.05, 3.63) is 48.6 Å². The van der Waals surface area contributed by atoms with Crippen LogP contribution in [0.3, 0.4) is 0 Å². The summed E-state index contributed by atoms with van der Waals surface area (Å²) in [5.41, 5.74) is 0. The summed E-state index contributed by atoms with van der Waals surface area (Å²) in [7, 11) is 1.45. The van der Waals surface area contributed by atoms with Gasteiger partial charge in [0.25, 0.3) is 0 Å². The third-order valence-electron chi connectivity index (χ3n) is 8.56. The van der Waals surface area contributed by atoms with Crippen LogP contribution in [0.2, 0.25) is 0 Å². The van der Waals surface area contributed by atoms with E-state index in [1.54, 1.807) is 0 Å². The largest absolute Gasteiger partial charge is 0.472 e. The first-order valence-corrected chi connectivity index (χ1v) is 22.4. The minimum Gasteiger partial charge on any atom is -0.462 e. The lowest BCUT2D eigenvalue weighted by atomic mass is 10.1. The first kappa shape index (κ1) is 51.0. The fourth-order valence-corrected chi connectivity index (χ4v) is 6.00. The molecule has 0 fully saturated rings. The van der Waals surface area contributed by atoms with Crippen molar-refractivity contribution in [2.45, 2.75) is 168 Å². The molecular weight excluding hydrogens is 689 g/mol. The van der Waals surface area contributed by atoms with Crippen LogP contribution in [-0.2, 0) is 32.7 Å². The summed E-state index contributed by atoms with van der Waals surface area (Å²) >= 11 is 0. The van der Waals surface area contributed by atoms with Gasteiger partial charge in [-0.1, -0.05) is 127 Å². The molecule has 0 bridgehead atoms. The van der Waals surface area contributed by atoms with E-state index in [1.165, 1.54) is 38.5 Å². The molecule has 2 atom stereocenters. The van der Waals surface area contributed by atoms with Crippen LogP contribution < -0.4 is 0 Å². The standard InChI is InChI=1S/C43H78NO8P/c1-6-8-10-12-14-16-18-20-21-22-24-26-28-30-32-34-36-43(46)52-41(40-51-53(47,48)50-38-37-44(3,4)5)39-49-42(45)35-33-31-29-27-25-23-19-17-15-13-11-9-7-2/h11,13,16-19,21-22,41H,6-10,12,14-15,20,23-40H2,1-5H3/p+1/b13-11-,18-16-,19-17-,22-21-. The Balaban J connectivity index is 4.45.